The molecule has 1 unspecified atom stereocenters. The van der Waals surface area contributed by atoms with E-state index in [4.69, 9.17) is 32.7 Å². The lowest BCUT2D eigenvalue weighted by Crippen LogP contribution is -2.36. The third-order valence-electron chi connectivity index (χ3n) is 4.32. The van der Waals surface area contributed by atoms with E-state index in [2.05, 4.69) is 5.32 Å². The van der Waals surface area contributed by atoms with E-state index >= 15 is 0 Å². The molecule has 0 spiro atoms. The van der Waals surface area contributed by atoms with Crippen molar-refractivity contribution in [1.29, 1.82) is 0 Å². The lowest BCUT2D eigenvalue weighted by atomic mass is 10.1. The van der Waals surface area contributed by atoms with E-state index in [1.165, 1.54) is 6.92 Å². The zero-order valence-corrected chi connectivity index (χ0v) is 15.2. The summed E-state index contributed by atoms with van der Waals surface area (Å²) in [6, 6.07) is 7.83. The van der Waals surface area contributed by atoms with Crippen molar-refractivity contribution in [1.82, 2.24) is 5.32 Å². The number of ether oxygens (including phenoxy) is 2. The molecule has 2 aromatic rings. The summed E-state index contributed by atoms with van der Waals surface area (Å²) < 4.78 is 10.7. The van der Waals surface area contributed by atoms with Gasteiger partial charge in [-0.3, -0.25) is 9.59 Å². The second kappa shape index (κ2) is 6.37. The van der Waals surface area contributed by atoms with E-state index in [9.17, 15) is 9.59 Å². The van der Waals surface area contributed by atoms with Crippen LogP contribution in [0.5, 0.6) is 11.5 Å². The smallest absolute Gasteiger partial charge is 0.254 e. The van der Waals surface area contributed by atoms with E-state index in [1.54, 1.807) is 35.2 Å². The van der Waals surface area contributed by atoms with Crippen LogP contribution in [-0.2, 0) is 16.1 Å². The summed E-state index contributed by atoms with van der Waals surface area (Å²) in [5, 5.41) is 3.65. The SMILES string of the molecule is CC(=O)NC1C(=O)N(Cc2cc3c(cc2Cl)OCO3)c2ccc(Cl)cc21. The molecule has 0 fully saturated rings. The first-order valence-corrected chi connectivity index (χ1v) is 8.65. The predicted molar refractivity (Wildman–Crippen MR) is 96.8 cm³/mol. The number of carbonyl (C=O) groups is 2. The molecule has 0 saturated heterocycles. The Morgan fingerprint density at radius 1 is 1.23 bits per heavy atom. The quantitative estimate of drug-likeness (QED) is 0.868. The molecule has 0 aliphatic carbocycles. The van der Waals surface area contributed by atoms with Crippen LogP contribution in [0.2, 0.25) is 10.0 Å². The molecule has 1 atom stereocenters. The van der Waals surface area contributed by atoms with Crippen molar-refractivity contribution < 1.29 is 19.1 Å². The molecule has 2 amide bonds. The van der Waals surface area contributed by atoms with E-state index in [0.29, 0.717) is 38.4 Å². The number of halogens is 2. The van der Waals surface area contributed by atoms with Crippen LogP contribution in [0.1, 0.15) is 24.1 Å². The van der Waals surface area contributed by atoms with Gasteiger partial charge in [-0.05, 0) is 29.8 Å². The number of fused-ring (bicyclic) bond motifs is 2. The molecule has 6 nitrogen and oxygen atoms in total. The van der Waals surface area contributed by atoms with E-state index in [1.807, 2.05) is 0 Å². The number of benzene rings is 2. The fraction of sp³-hybridized carbons (Fsp3) is 0.222. The second-order valence-electron chi connectivity index (χ2n) is 6.06. The zero-order valence-electron chi connectivity index (χ0n) is 13.7. The molecular weight excluding hydrogens is 379 g/mol. The summed E-state index contributed by atoms with van der Waals surface area (Å²) >= 11 is 12.4. The van der Waals surface area contributed by atoms with Crippen molar-refractivity contribution in [2.24, 2.45) is 0 Å². The van der Waals surface area contributed by atoms with Crippen LogP contribution in [0, 0.1) is 0 Å². The maximum absolute atomic E-state index is 12.9. The molecule has 2 aliphatic rings. The first-order valence-electron chi connectivity index (χ1n) is 7.90. The molecule has 134 valence electrons. The number of nitrogens with one attached hydrogen (secondary N) is 1. The third-order valence-corrected chi connectivity index (χ3v) is 4.91. The monoisotopic (exact) mass is 392 g/mol. The maximum atomic E-state index is 12.9. The number of anilines is 1. The third kappa shape index (κ3) is 2.85. The molecule has 0 aromatic heterocycles. The lowest BCUT2D eigenvalue weighted by Gasteiger charge is -2.19. The Labute approximate surface area is 159 Å². The topological polar surface area (TPSA) is 67.9 Å². The number of carbonyl (C=O) groups excluding carboxylic acids is 2. The van der Waals surface area contributed by atoms with Gasteiger partial charge in [-0.2, -0.15) is 0 Å². The molecule has 2 heterocycles. The molecule has 0 bridgehead atoms. The van der Waals surface area contributed by atoms with E-state index in [0.717, 1.165) is 0 Å². The van der Waals surface area contributed by atoms with Crippen molar-refractivity contribution in [2.45, 2.75) is 19.5 Å². The Bertz CT molecular complexity index is 932. The van der Waals surface area contributed by atoms with Crippen molar-refractivity contribution in [3.05, 3.63) is 51.5 Å². The zero-order chi connectivity index (χ0) is 18.4. The minimum atomic E-state index is -0.769. The average molecular weight is 393 g/mol. The van der Waals surface area contributed by atoms with Gasteiger partial charge >= 0.3 is 0 Å². The van der Waals surface area contributed by atoms with Crippen molar-refractivity contribution in [3.63, 3.8) is 0 Å². The number of nitrogens with zero attached hydrogens (tertiary/aromatic N) is 1. The molecule has 8 heteroatoms. The van der Waals surface area contributed by atoms with E-state index in [-0.39, 0.29) is 25.2 Å². The minimum absolute atomic E-state index is 0.143. The van der Waals surface area contributed by atoms with Gasteiger partial charge in [0.05, 0.1) is 6.54 Å². The molecule has 2 aromatic carbocycles. The van der Waals surface area contributed by atoms with Gasteiger partial charge in [0.2, 0.25) is 12.7 Å². The highest BCUT2D eigenvalue weighted by atomic mass is 35.5. The number of amides is 2. The predicted octanol–water partition coefficient (Wildman–Crippen LogP) is 3.45. The molecule has 0 saturated carbocycles. The Morgan fingerprint density at radius 2 is 1.96 bits per heavy atom. The van der Waals surface area contributed by atoms with Crippen LogP contribution in [-0.4, -0.2) is 18.6 Å². The summed E-state index contributed by atoms with van der Waals surface area (Å²) in [4.78, 5) is 26.0. The van der Waals surface area contributed by atoms with Crippen LogP contribution in [0.15, 0.2) is 30.3 Å². The number of hydrogen-bond acceptors (Lipinski definition) is 4. The molecule has 1 N–H and O–H groups in total. The van der Waals surface area contributed by atoms with Crippen LogP contribution < -0.4 is 19.7 Å². The Balaban J connectivity index is 1.71. The normalized spacial score (nSPS) is 17.4. The number of hydrogen-bond donors (Lipinski definition) is 1. The van der Waals surface area contributed by atoms with Gasteiger partial charge in [-0.15, -0.1) is 0 Å². The Hall–Kier alpha value is -2.44. The van der Waals surface area contributed by atoms with Crippen molar-refractivity contribution in [2.75, 3.05) is 11.7 Å². The van der Waals surface area contributed by atoms with Gasteiger partial charge in [0.15, 0.2) is 11.5 Å². The summed E-state index contributed by atoms with van der Waals surface area (Å²) in [7, 11) is 0. The summed E-state index contributed by atoms with van der Waals surface area (Å²) in [5.74, 6) is 0.629. The first kappa shape index (κ1) is 17.0. The van der Waals surface area contributed by atoms with Gasteiger partial charge < -0.3 is 19.7 Å². The largest absolute Gasteiger partial charge is 0.454 e. The molecule has 0 radical (unpaired) electrons. The van der Waals surface area contributed by atoms with Gasteiger partial charge in [0, 0.05) is 34.3 Å². The van der Waals surface area contributed by atoms with Gasteiger partial charge in [0.25, 0.3) is 5.91 Å². The fourth-order valence-corrected chi connectivity index (χ4v) is 3.56. The average Bonchev–Trinajstić information content (AvgIpc) is 3.12. The Kier molecular flexibility index (Phi) is 4.17. The minimum Gasteiger partial charge on any atom is -0.454 e. The van der Waals surface area contributed by atoms with Crippen LogP contribution >= 0.6 is 23.2 Å². The first-order chi connectivity index (χ1) is 12.4. The highest BCUT2D eigenvalue weighted by Crippen LogP contribution is 2.41. The second-order valence-corrected chi connectivity index (χ2v) is 6.90. The molecule has 26 heavy (non-hydrogen) atoms. The fourth-order valence-electron chi connectivity index (χ4n) is 3.17. The highest BCUT2D eigenvalue weighted by molar-refractivity contribution is 6.32. The van der Waals surface area contributed by atoms with Crippen molar-refractivity contribution in [3.8, 4) is 11.5 Å². The molecule has 4 rings (SSSR count). The molecular formula is C18H14Cl2N2O4. The van der Waals surface area contributed by atoms with Gasteiger partial charge in [-0.1, -0.05) is 23.2 Å². The summed E-state index contributed by atoms with van der Waals surface area (Å²) in [5.41, 5.74) is 2.06. The van der Waals surface area contributed by atoms with Crippen LogP contribution in [0.4, 0.5) is 5.69 Å². The lowest BCUT2D eigenvalue weighted by molar-refractivity contribution is -0.126. The molecule has 2 aliphatic heterocycles. The highest BCUT2D eigenvalue weighted by Gasteiger charge is 2.38. The van der Waals surface area contributed by atoms with Crippen LogP contribution in [0.25, 0.3) is 0 Å². The summed E-state index contributed by atoms with van der Waals surface area (Å²) in [6.45, 7) is 1.75. The van der Waals surface area contributed by atoms with Gasteiger partial charge in [-0.25, -0.2) is 0 Å². The van der Waals surface area contributed by atoms with Crippen molar-refractivity contribution >= 4 is 40.7 Å². The standard InChI is InChI=1S/C18H14Cl2N2O4/c1-9(23)21-17-12-5-11(19)2-3-14(12)22(18(17)24)7-10-4-15-16(6-13(10)20)26-8-25-15/h2-6,17H,7-8H2,1H3,(H,21,23). The Morgan fingerprint density at radius 3 is 2.69 bits per heavy atom. The maximum Gasteiger partial charge on any atom is 0.254 e. The van der Waals surface area contributed by atoms with E-state index < -0.39 is 6.04 Å². The number of rotatable bonds is 3. The van der Waals surface area contributed by atoms with Gasteiger partial charge in [0.1, 0.15) is 6.04 Å². The van der Waals surface area contributed by atoms with Crippen LogP contribution in [0.3, 0.4) is 0 Å². The summed E-state index contributed by atoms with van der Waals surface area (Å²) in [6.07, 6.45) is 0.